The summed E-state index contributed by atoms with van der Waals surface area (Å²) in [6, 6.07) is 11.7. The molecule has 0 spiro atoms. The molecule has 0 fully saturated rings. The molecule has 0 aliphatic carbocycles. The zero-order valence-electron chi connectivity index (χ0n) is 9.18. The summed E-state index contributed by atoms with van der Waals surface area (Å²) in [4.78, 5) is 11.7. The Morgan fingerprint density at radius 1 is 1.22 bits per heavy atom. The van der Waals surface area contributed by atoms with Crippen LogP contribution in [-0.4, -0.2) is 0 Å². The van der Waals surface area contributed by atoms with E-state index in [1.54, 1.807) is 36.4 Å². The highest BCUT2D eigenvalue weighted by Crippen LogP contribution is 2.16. The summed E-state index contributed by atoms with van der Waals surface area (Å²) in [5.41, 5.74) is 4.93. The van der Waals surface area contributed by atoms with Crippen molar-refractivity contribution in [2.24, 2.45) is 5.73 Å². The average Bonchev–Trinajstić information content (AvgIpc) is 2.39. The van der Waals surface area contributed by atoms with Gasteiger partial charge in [-0.3, -0.25) is 0 Å². The van der Waals surface area contributed by atoms with Gasteiger partial charge >= 0.3 is 5.63 Å². The summed E-state index contributed by atoms with van der Waals surface area (Å²) in [7, 11) is 0. The summed E-state index contributed by atoms with van der Waals surface area (Å²) in [5, 5.41) is 18.1. The van der Waals surface area contributed by atoms with Crippen LogP contribution in [0.1, 0.15) is 5.56 Å². The van der Waals surface area contributed by atoms with Crippen molar-refractivity contribution in [2.75, 3.05) is 0 Å². The summed E-state index contributed by atoms with van der Waals surface area (Å²) >= 11 is 0. The molecule has 0 amide bonds. The van der Waals surface area contributed by atoms with Gasteiger partial charge < -0.3 is 10.2 Å². The molecule has 0 bridgehead atoms. The molecule has 0 saturated heterocycles. The van der Waals surface area contributed by atoms with Crippen LogP contribution < -0.4 is 11.4 Å². The van der Waals surface area contributed by atoms with E-state index in [0.29, 0.717) is 11.0 Å². The predicted molar refractivity (Wildman–Crippen MR) is 64.8 cm³/mol. The van der Waals surface area contributed by atoms with Gasteiger partial charge in [0.1, 0.15) is 17.7 Å². The Morgan fingerprint density at radius 3 is 2.56 bits per heavy atom. The van der Waals surface area contributed by atoms with E-state index in [0.717, 1.165) is 0 Å². The first kappa shape index (κ1) is 11.4. The number of hydrogen-bond donors (Lipinski definition) is 1. The van der Waals surface area contributed by atoms with E-state index >= 15 is 0 Å². The van der Waals surface area contributed by atoms with Crippen molar-refractivity contribution >= 4 is 16.7 Å². The minimum absolute atomic E-state index is 0.0202. The van der Waals surface area contributed by atoms with Gasteiger partial charge in [0.25, 0.3) is 0 Å². The first-order valence-corrected chi connectivity index (χ1v) is 5.00. The number of fused-ring (bicyclic) bond motifs is 1. The van der Waals surface area contributed by atoms with Crippen molar-refractivity contribution in [3.8, 4) is 12.1 Å². The lowest BCUT2D eigenvalue weighted by molar-refractivity contribution is 0.558. The zero-order chi connectivity index (χ0) is 13.1. The van der Waals surface area contributed by atoms with Crippen LogP contribution in [0.25, 0.3) is 16.7 Å². The third kappa shape index (κ3) is 1.81. The smallest absolute Gasteiger partial charge is 0.345 e. The summed E-state index contributed by atoms with van der Waals surface area (Å²) in [6.07, 6.45) is 0. The highest BCUT2D eigenvalue weighted by molar-refractivity contribution is 5.82. The van der Waals surface area contributed by atoms with Gasteiger partial charge in [-0.25, -0.2) is 4.79 Å². The number of allylic oxidation sites excluding steroid dienone is 1. The third-order valence-corrected chi connectivity index (χ3v) is 2.42. The number of nitriles is 2. The van der Waals surface area contributed by atoms with E-state index in [1.165, 1.54) is 6.07 Å². The molecule has 2 rings (SSSR count). The minimum Gasteiger partial charge on any atom is -0.422 e. The van der Waals surface area contributed by atoms with Gasteiger partial charge in [0.2, 0.25) is 0 Å². The van der Waals surface area contributed by atoms with Crippen LogP contribution in [0.5, 0.6) is 0 Å². The summed E-state index contributed by atoms with van der Waals surface area (Å²) < 4.78 is 5.06. The van der Waals surface area contributed by atoms with E-state index in [-0.39, 0.29) is 16.8 Å². The van der Waals surface area contributed by atoms with Gasteiger partial charge in [-0.15, -0.1) is 0 Å². The lowest BCUT2D eigenvalue weighted by Gasteiger charge is -2.01. The maximum atomic E-state index is 11.7. The van der Waals surface area contributed by atoms with Crippen molar-refractivity contribution in [1.29, 1.82) is 10.5 Å². The molecule has 86 valence electrons. The maximum Gasteiger partial charge on any atom is 0.345 e. The quantitative estimate of drug-likeness (QED) is 0.598. The normalized spacial score (nSPS) is 9.44. The van der Waals surface area contributed by atoms with Crippen LogP contribution in [0.4, 0.5) is 0 Å². The molecule has 5 nitrogen and oxygen atoms in total. The minimum atomic E-state index is -0.672. The van der Waals surface area contributed by atoms with Gasteiger partial charge in [-0.05, 0) is 12.1 Å². The molecule has 1 aromatic carbocycles. The van der Waals surface area contributed by atoms with Gasteiger partial charge in [0, 0.05) is 5.39 Å². The fourth-order valence-corrected chi connectivity index (χ4v) is 1.53. The summed E-state index contributed by atoms with van der Waals surface area (Å²) in [5.74, 6) is 0. The Morgan fingerprint density at radius 2 is 1.89 bits per heavy atom. The largest absolute Gasteiger partial charge is 0.422 e. The molecule has 0 radical (unpaired) electrons. The fourth-order valence-electron chi connectivity index (χ4n) is 1.53. The highest BCUT2D eigenvalue weighted by Gasteiger charge is 2.11. The van der Waals surface area contributed by atoms with Gasteiger partial charge in [-0.2, -0.15) is 10.5 Å². The molecular formula is C13H7N3O2. The molecule has 1 aromatic heterocycles. The van der Waals surface area contributed by atoms with E-state index in [1.807, 2.05) is 0 Å². The molecule has 0 aliphatic rings. The second kappa shape index (κ2) is 4.44. The number of hydrogen-bond acceptors (Lipinski definition) is 5. The second-order valence-corrected chi connectivity index (χ2v) is 3.50. The van der Waals surface area contributed by atoms with Crippen LogP contribution in [0, 0.1) is 22.7 Å². The van der Waals surface area contributed by atoms with Crippen molar-refractivity contribution in [1.82, 2.24) is 0 Å². The van der Waals surface area contributed by atoms with Crippen LogP contribution >= 0.6 is 0 Å². The molecular weight excluding hydrogens is 230 g/mol. The first-order chi connectivity index (χ1) is 8.67. The lowest BCUT2D eigenvalue weighted by Crippen LogP contribution is -2.12. The lowest BCUT2D eigenvalue weighted by atomic mass is 10.1. The van der Waals surface area contributed by atoms with Crippen molar-refractivity contribution in [3.05, 3.63) is 51.9 Å². The number of rotatable bonds is 1. The topological polar surface area (TPSA) is 104 Å². The van der Waals surface area contributed by atoms with Gasteiger partial charge in [0.15, 0.2) is 5.57 Å². The first-order valence-electron chi connectivity index (χ1n) is 5.00. The third-order valence-electron chi connectivity index (χ3n) is 2.42. The van der Waals surface area contributed by atoms with Crippen LogP contribution in [0.2, 0.25) is 0 Å². The van der Waals surface area contributed by atoms with E-state index in [2.05, 4.69) is 0 Å². The van der Waals surface area contributed by atoms with Crippen molar-refractivity contribution < 1.29 is 4.42 Å². The second-order valence-electron chi connectivity index (χ2n) is 3.50. The average molecular weight is 237 g/mol. The van der Waals surface area contributed by atoms with Crippen LogP contribution in [0.3, 0.4) is 0 Å². The molecule has 1 heterocycles. The van der Waals surface area contributed by atoms with Crippen molar-refractivity contribution in [3.63, 3.8) is 0 Å². The number of nitrogens with zero attached hydrogens (tertiary/aromatic N) is 2. The Labute approximate surface area is 102 Å². The van der Waals surface area contributed by atoms with Gasteiger partial charge in [0.05, 0.1) is 11.3 Å². The van der Waals surface area contributed by atoms with Crippen molar-refractivity contribution in [2.45, 2.75) is 0 Å². The Balaban J connectivity index is 2.79. The molecule has 0 unspecified atom stereocenters. The van der Waals surface area contributed by atoms with E-state index < -0.39 is 5.63 Å². The monoisotopic (exact) mass is 237 g/mol. The molecule has 0 saturated carbocycles. The predicted octanol–water partition coefficient (Wildman–Crippen LogP) is 1.51. The summed E-state index contributed by atoms with van der Waals surface area (Å²) in [6.45, 7) is 0. The van der Waals surface area contributed by atoms with E-state index in [4.69, 9.17) is 20.7 Å². The molecule has 2 aromatic rings. The molecule has 5 heteroatoms. The maximum absolute atomic E-state index is 11.7. The van der Waals surface area contributed by atoms with Gasteiger partial charge in [-0.1, -0.05) is 18.2 Å². The molecule has 0 aliphatic heterocycles. The van der Waals surface area contributed by atoms with Crippen LogP contribution in [-0.2, 0) is 0 Å². The Bertz CT molecular complexity index is 772. The molecule has 2 N–H and O–H groups in total. The Hall–Kier alpha value is -3.05. The molecule has 18 heavy (non-hydrogen) atoms. The fraction of sp³-hybridized carbons (Fsp3) is 0. The number of nitrogens with two attached hydrogens (primary N) is 1. The Kier molecular flexibility index (Phi) is 2.82. The number of benzene rings is 1. The standard InChI is InChI=1S/C13H7N3O2/c14-6-9(7-15)12(16)10-5-8-3-1-2-4-11(8)18-13(10)17/h1-5H,16H2. The highest BCUT2D eigenvalue weighted by atomic mass is 16.4. The van der Waals surface area contributed by atoms with E-state index in [9.17, 15) is 4.79 Å². The SMILES string of the molecule is N#CC(C#N)=C(N)c1cc2ccccc2oc1=O. The molecule has 0 atom stereocenters. The van der Waals surface area contributed by atoms with Crippen LogP contribution in [0.15, 0.2) is 45.1 Å². The number of para-hydroxylation sites is 1. The zero-order valence-corrected chi connectivity index (χ0v) is 9.18.